The molecule has 6 rings (SSSR count). The molecule has 0 radical (unpaired) electrons. The summed E-state index contributed by atoms with van der Waals surface area (Å²) in [6, 6.07) is 7.07. The van der Waals surface area contributed by atoms with Gasteiger partial charge in [0.05, 0.1) is 31.6 Å². The first-order chi connectivity index (χ1) is 17.5. The molecule has 0 aromatic heterocycles. The predicted molar refractivity (Wildman–Crippen MR) is 137 cm³/mol. The van der Waals surface area contributed by atoms with Gasteiger partial charge in [-0.2, -0.15) is 0 Å². The Morgan fingerprint density at radius 3 is 2.78 bits per heavy atom. The highest BCUT2D eigenvalue weighted by Crippen LogP contribution is 2.42. The summed E-state index contributed by atoms with van der Waals surface area (Å²) >= 11 is 0. The number of fused-ring (bicyclic) bond motifs is 4. The van der Waals surface area contributed by atoms with E-state index in [0.29, 0.717) is 32.6 Å². The number of ether oxygens (including phenoxy) is 1. The molecule has 0 spiro atoms. The summed E-state index contributed by atoms with van der Waals surface area (Å²) in [5.41, 5.74) is 4.57. The number of carbonyl (C=O) groups is 3. The van der Waals surface area contributed by atoms with Crippen LogP contribution in [0.2, 0.25) is 0 Å². The Morgan fingerprint density at radius 1 is 1.19 bits per heavy atom. The molecule has 9 nitrogen and oxygen atoms in total. The maximum absolute atomic E-state index is 14.1. The van der Waals surface area contributed by atoms with Gasteiger partial charge < -0.3 is 30.5 Å². The van der Waals surface area contributed by atoms with Crippen LogP contribution in [0, 0.1) is 5.92 Å². The Balaban J connectivity index is 1.64. The molecule has 1 aromatic carbocycles. The third-order valence-electron chi connectivity index (χ3n) is 7.45. The summed E-state index contributed by atoms with van der Waals surface area (Å²) < 4.78 is 5.81. The van der Waals surface area contributed by atoms with Crippen LogP contribution in [0.15, 0.2) is 58.9 Å². The average Bonchev–Trinajstić information content (AvgIpc) is 2.99. The van der Waals surface area contributed by atoms with Crippen molar-refractivity contribution < 1.29 is 19.1 Å². The Bertz CT molecular complexity index is 1170. The van der Waals surface area contributed by atoms with Crippen LogP contribution >= 0.6 is 0 Å². The topological polar surface area (TPSA) is 103 Å². The molecule has 3 amide bonds. The van der Waals surface area contributed by atoms with Crippen molar-refractivity contribution in [2.24, 2.45) is 5.92 Å². The fraction of sp³-hybridized carbons (Fsp3) is 0.444. The number of carbonyl (C=O) groups excluding carboxylic acids is 3. The molecule has 1 aromatic rings. The van der Waals surface area contributed by atoms with Crippen molar-refractivity contribution in [2.45, 2.75) is 25.3 Å². The van der Waals surface area contributed by atoms with Crippen molar-refractivity contribution in [3.8, 4) is 0 Å². The van der Waals surface area contributed by atoms with Crippen LogP contribution in [-0.4, -0.2) is 70.6 Å². The number of anilines is 2. The standard InChI is InChI=1S/C27H33N5O4/c1-28-14-25(33)30-21-16-31-12-11-29-26(34)18-7-9-19-17(13-18)8-10-24(36-2)20(19)15-32(27(21)35)23-6-4-3-5-22(23)31/h3-7,9,17,21,28H,8,10-16H2,1-2H3,(H,29,34)(H,30,33)/t17?,21-/m0/s1. The largest absolute Gasteiger partial charge is 0.501 e. The lowest BCUT2D eigenvalue weighted by molar-refractivity contribution is -0.126. The van der Waals surface area contributed by atoms with Gasteiger partial charge in [0.2, 0.25) is 11.8 Å². The minimum absolute atomic E-state index is 0.0508. The van der Waals surface area contributed by atoms with Crippen LogP contribution in [0.1, 0.15) is 19.3 Å². The first kappa shape index (κ1) is 24.1. The molecule has 190 valence electrons. The zero-order valence-corrected chi connectivity index (χ0v) is 20.8. The smallest absolute Gasteiger partial charge is 0.251 e. The number of hydrogen-bond donors (Lipinski definition) is 3. The van der Waals surface area contributed by atoms with Gasteiger partial charge in [-0.3, -0.25) is 14.4 Å². The van der Waals surface area contributed by atoms with E-state index in [2.05, 4.69) is 20.9 Å². The maximum Gasteiger partial charge on any atom is 0.251 e. The third-order valence-corrected chi connectivity index (χ3v) is 7.45. The van der Waals surface area contributed by atoms with Crippen LogP contribution < -0.4 is 25.8 Å². The van der Waals surface area contributed by atoms with Crippen LogP contribution in [0.4, 0.5) is 11.4 Å². The van der Waals surface area contributed by atoms with Crippen LogP contribution in [0.25, 0.3) is 0 Å². The maximum atomic E-state index is 14.1. The molecule has 0 saturated carbocycles. The van der Waals surface area contributed by atoms with Gasteiger partial charge in [-0.1, -0.05) is 24.3 Å². The van der Waals surface area contributed by atoms with Crippen molar-refractivity contribution in [1.29, 1.82) is 0 Å². The van der Waals surface area contributed by atoms with E-state index in [1.807, 2.05) is 36.4 Å². The molecule has 9 heteroatoms. The second kappa shape index (κ2) is 10.2. The molecule has 0 saturated heterocycles. The average molecular weight is 492 g/mol. The summed E-state index contributed by atoms with van der Waals surface area (Å²) in [7, 11) is 3.37. The van der Waals surface area contributed by atoms with E-state index in [-0.39, 0.29) is 30.2 Å². The molecule has 3 heterocycles. The van der Waals surface area contributed by atoms with E-state index in [1.54, 1.807) is 19.1 Å². The first-order valence-electron chi connectivity index (χ1n) is 12.5. The molecular formula is C27H33N5O4. The molecule has 5 aliphatic rings. The number of amides is 3. The van der Waals surface area contributed by atoms with E-state index in [4.69, 9.17) is 4.74 Å². The second-order valence-electron chi connectivity index (χ2n) is 9.62. The number of hydrogen-bond acceptors (Lipinski definition) is 6. The first-order valence-corrected chi connectivity index (χ1v) is 12.5. The second-order valence-corrected chi connectivity index (χ2v) is 9.62. The molecule has 3 aliphatic heterocycles. The number of allylic oxidation sites excluding steroid dienone is 3. The molecule has 1 unspecified atom stereocenters. The number of rotatable bonds is 4. The molecule has 2 aliphatic carbocycles. The van der Waals surface area contributed by atoms with Gasteiger partial charge >= 0.3 is 0 Å². The molecule has 6 bridgehead atoms. The summed E-state index contributed by atoms with van der Waals surface area (Å²) in [6.07, 6.45) is 6.25. The number of nitrogens with zero attached hydrogens (tertiary/aromatic N) is 2. The Labute approximate surface area is 211 Å². The lowest BCUT2D eigenvalue weighted by Crippen LogP contribution is -2.54. The number of para-hydroxylation sites is 2. The van der Waals surface area contributed by atoms with Crippen LogP contribution in [0.5, 0.6) is 0 Å². The molecule has 36 heavy (non-hydrogen) atoms. The number of likely N-dealkylation sites (N-methyl/N-ethyl adjacent to an activating group) is 1. The third kappa shape index (κ3) is 4.51. The van der Waals surface area contributed by atoms with E-state index in [9.17, 15) is 14.4 Å². The van der Waals surface area contributed by atoms with E-state index < -0.39 is 6.04 Å². The molecular weight excluding hydrogens is 458 g/mol. The Hall–Kier alpha value is -3.59. The van der Waals surface area contributed by atoms with Crippen molar-refractivity contribution in [3.05, 3.63) is 58.9 Å². The summed E-state index contributed by atoms with van der Waals surface area (Å²) in [5.74, 6) is 0.617. The molecule has 3 N–H and O–H groups in total. The van der Waals surface area contributed by atoms with E-state index in [1.165, 1.54) is 0 Å². The minimum Gasteiger partial charge on any atom is -0.501 e. The fourth-order valence-electron chi connectivity index (χ4n) is 5.69. The van der Waals surface area contributed by atoms with E-state index in [0.717, 1.165) is 46.7 Å². The van der Waals surface area contributed by atoms with Crippen molar-refractivity contribution in [1.82, 2.24) is 16.0 Å². The Morgan fingerprint density at radius 2 is 2.00 bits per heavy atom. The number of methoxy groups -OCH3 is 1. The van der Waals surface area contributed by atoms with Crippen molar-refractivity contribution in [3.63, 3.8) is 0 Å². The highest BCUT2D eigenvalue weighted by atomic mass is 16.5. The van der Waals surface area contributed by atoms with Crippen LogP contribution in [0.3, 0.4) is 0 Å². The quantitative estimate of drug-likeness (QED) is 0.586. The van der Waals surface area contributed by atoms with Gasteiger partial charge in [-0.25, -0.2) is 0 Å². The van der Waals surface area contributed by atoms with Gasteiger partial charge in [-0.05, 0) is 43.5 Å². The summed E-state index contributed by atoms with van der Waals surface area (Å²) in [4.78, 5) is 43.4. The fourth-order valence-corrected chi connectivity index (χ4v) is 5.69. The SMILES string of the molecule is CNCC(=O)N[C@H]1CN2CCNC(=O)C3=CC=C4C(=C(OC)CCC4C3)CN(C1=O)c1ccccc12. The highest BCUT2D eigenvalue weighted by Gasteiger charge is 2.38. The van der Waals surface area contributed by atoms with E-state index >= 15 is 0 Å². The zero-order valence-electron chi connectivity index (χ0n) is 20.8. The predicted octanol–water partition coefficient (Wildman–Crippen LogP) is 1.24. The monoisotopic (exact) mass is 491 g/mol. The lowest BCUT2D eigenvalue weighted by atomic mass is 9.76. The van der Waals surface area contributed by atoms with Crippen molar-refractivity contribution in [2.75, 3.05) is 56.7 Å². The van der Waals surface area contributed by atoms with Gasteiger partial charge in [0.15, 0.2) is 0 Å². The zero-order chi connectivity index (χ0) is 25.2. The minimum atomic E-state index is -0.740. The van der Waals surface area contributed by atoms with Gasteiger partial charge in [0.25, 0.3) is 5.91 Å². The number of nitrogens with one attached hydrogen (secondary N) is 3. The van der Waals surface area contributed by atoms with Gasteiger partial charge in [0, 0.05) is 37.2 Å². The van der Waals surface area contributed by atoms with Crippen LogP contribution in [-0.2, 0) is 19.1 Å². The highest BCUT2D eigenvalue weighted by molar-refractivity contribution is 6.04. The number of benzene rings is 1. The Kier molecular flexibility index (Phi) is 6.82. The summed E-state index contributed by atoms with van der Waals surface area (Å²) in [5, 5.41) is 8.84. The summed E-state index contributed by atoms with van der Waals surface area (Å²) in [6.45, 7) is 1.70. The normalized spacial score (nSPS) is 23.8. The molecule has 0 fully saturated rings. The lowest BCUT2D eigenvalue weighted by Gasteiger charge is -2.35. The van der Waals surface area contributed by atoms with Gasteiger partial charge in [-0.15, -0.1) is 0 Å². The molecule has 2 atom stereocenters. The van der Waals surface area contributed by atoms with Crippen molar-refractivity contribution >= 4 is 29.1 Å². The van der Waals surface area contributed by atoms with Gasteiger partial charge in [0.1, 0.15) is 11.8 Å².